The number of rotatable bonds is 6. The zero-order valence-electron chi connectivity index (χ0n) is 9.62. The standard InChI is InChI=1S/C12H19NOS/c1-4-14-9-11(13-2)10-7-5-6-8-12(10)15-3/h5-8,11,13H,4,9H2,1-3H3. The number of nitrogens with one attached hydrogen (secondary N) is 1. The van der Waals surface area contributed by atoms with E-state index in [1.54, 1.807) is 11.8 Å². The predicted octanol–water partition coefficient (Wildman–Crippen LogP) is 2.71. The first kappa shape index (κ1) is 12.6. The molecule has 0 amide bonds. The van der Waals surface area contributed by atoms with Gasteiger partial charge in [-0.3, -0.25) is 0 Å². The average molecular weight is 225 g/mol. The van der Waals surface area contributed by atoms with Gasteiger partial charge in [-0.1, -0.05) is 18.2 Å². The molecule has 0 aliphatic heterocycles. The zero-order chi connectivity index (χ0) is 11.1. The van der Waals surface area contributed by atoms with Crippen molar-refractivity contribution in [3.8, 4) is 0 Å². The molecule has 3 heteroatoms. The van der Waals surface area contributed by atoms with Crippen LogP contribution in [0.1, 0.15) is 18.5 Å². The van der Waals surface area contributed by atoms with Gasteiger partial charge in [0.15, 0.2) is 0 Å². The van der Waals surface area contributed by atoms with Gasteiger partial charge in [-0.2, -0.15) is 0 Å². The first-order valence-corrected chi connectivity index (χ1v) is 6.43. The Morgan fingerprint density at radius 2 is 2.13 bits per heavy atom. The molecule has 1 N–H and O–H groups in total. The van der Waals surface area contributed by atoms with Gasteiger partial charge in [-0.05, 0) is 31.9 Å². The van der Waals surface area contributed by atoms with Crippen molar-refractivity contribution in [2.75, 3.05) is 26.5 Å². The van der Waals surface area contributed by atoms with E-state index in [4.69, 9.17) is 4.74 Å². The van der Waals surface area contributed by atoms with Gasteiger partial charge in [0, 0.05) is 11.5 Å². The number of hydrogen-bond donors (Lipinski definition) is 1. The molecule has 1 aromatic carbocycles. The first-order valence-electron chi connectivity index (χ1n) is 5.21. The molecular weight excluding hydrogens is 206 g/mol. The van der Waals surface area contributed by atoms with E-state index in [0.717, 1.165) is 13.2 Å². The Balaban J connectivity index is 2.80. The summed E-state index contributed by atoms with van der Waals surface area (Å²) in [6.07, 6.45) is 2.10. The van der Waals surface area contributed by atoms with E-state index in [1.165, 1.54) is 10.5 Å². The summed E-state index contributed by atoms with van der Waals surface area (Å²) in [6.45, 7) is 3.51. The van der Waals surface area contributed by atoms with Crippen molar-refractivity contribution in [3.63, 3.8) is 0 Å². The Kier molecular flexibility index (Phi) is 5.76. The largest absolute Gasteiger partial charge is 0.380 e. The monoisotopic (exact) mass is 225 g/mol. The molecule has 0 radical (unpaired) electrons. The number of ether oxygens (including phenoxy) is 1. The lowest BCUT2D eigenvalue weighted by Crippen LogP contribution is -2.22. The van der Waals surface area contributed by atoms with Crippen LogP contribution in [0.5, 0.6) is 0 Å². The molecule has 0 aliphatic rings. The second-order valence-electron chi connectivity index (χ2n) is 3.24. The highest BCUT2D eigenvalue weighted by Crippen LogP contribution is 2.25. The summed E-state index contributed by atoms with van der Waals surface area (Å²) in [5.41, 5.74) is 1.32. The Morgan fingerprint density at radius 3 is 2.73 bits per heavy atom. The summed E-state index contributed by atoms with van der Waals surface area (Å²) >= 11 is 1.78. The van der Waals surface area contributed by atoms with Gasteiger partial charge in [0.05, 0.1) is 12.6 Å². The Bertz CT molecular complexity index is 291. The van der Waals surface area contributed by atoms with Crippen molar-refractivity contribution in [3.05, 3.63) is 29.8 Å². The summed E-state index contributed by atoms with van der Waals surface area (Å²) in [5.74, 6) is 0. The molecule has 0 saturated carbocycles. The summed E-state index contributed by atoms with van der Waals surface area (Å²) in [4.78, 5) is 1.32. The molecular formula is C12H19NOS. The fourth-order valence-corrected chi connectivity index (χ4v) is 2.18. The van der Waals surface area contributed by atoms with Crippen LogP contribution in [-0.2, 0) is 4.74 Å². The van der Waals surface area contributed by atoms with Crippen molar-refractivity contribution >= 4 is 11.8 Å². The quantitative estimate of drug-likeness (QED) is 0.752. The molecule has 84 valence electrons. The lowest BCUT2D eigenvalue weighted by molar-refractivity contribution is 0.124. The van der Waals surface area contributed by atoms with E-state index in [9.17, 15) is 0 Å². The highest BCUT2D eigenvalue weighted by molar-refractivity contribution is 7.98. The molecule has 0 spiro atoms. The third-order valence-electron chi connectivity index (χ3n) is 2.35. The molecule has 1 rings (SSSR count). The molecule has 15 heavy (non-hydrogen) atoms. The van der Waals surface area contributed by atoms with E-state index in [0.29, 0.717) is 0 Å². The lowest BCUT2D eigenvalue weighted by atomic mass is 10.1. The van der Waals surface area contributed by atoms with E-state index in [1.807, 2.05) is 14.0 Å². The molecule has 1 aromatic rings. The minimum Gasteiger partial charge on any atom is -0.380 e. The van der Waals surface area contributed by atoms with Crippen LogP contribution in [0, 0.1) is 0 Å². The second-order valence-corrected chi connectivity index (χ2v) is 4.09. The molecule has 0 bridgehead atoms. The lowest BCUT2D eigenvalue weighted by Gasteiger charge is -2.18. The number of benzene rings is 1. The van der Waals surface area contributed by atoms with Gasteiger partial charge in [-0.15, -0.1) is 11.8 Å². The summed E-state index contributed by atoms with van der Waals surface area (Å²) in [6, 6.07) is 8.74. The van der Waals surface area contributed by atoms with Gasteiger partial charge >= 0.3 is 0 Å². The van der Waals surface area contributed by atoms with Crippen LogP contribution in [0.4, 0.5) is 0 Å². The molecule has 0 saturated heterocycles. The number of thioether (sulfide) groups is 1. The van der Waals surface area contributed by atoms with E-state index in [-0.39, 0.29) is 6.04 Å². The molecule has 0 fully saturated rings. The van der Waals surface area contributed by atoms with Crippen LogP contribution in [0.2, 0.25) is 0 Å². The second kappa shape index (κ2) is 6.88. The fourth-order valence-electron chi connectivity index (χ4n) is 1.52. The van der Waals surface area contributed by atoms with Crippen LogP contribution in [0.15, 0.2) is 29.2 Å². The highest BCUT2D eigenvalue weighted by atomic mass is 32.2. The smallest absolute Gasteiger partial charge is 0.0661 e. The first-order chi connectivity index (χ1) is 7.33. The van der Waals surface area contributed by atoms with Crippen LogP contribution in [0.25, 0.3) is 0 Å². The maximum Gasteiger partial charge on any atom is 0.0661 e. The van der Waals surface area contributed by atoms with Gasteiger partial charge in [0.2, 0.25) is 0 Å². The minimum absolute atomic E-state index is 0.286. The highest BCUT2D eigenvalue weighted by Gasteiger charge is 2.12. The van der Waals surface area contributed by atoms with Gasteiger partial charge < -0.3 is 10.1 Å². The topological polar surface area (TPSA) is 21.3 Å². The number of likely N-dealkylation sites (N-methyl/N-ethyl adjacent to an activating group) is 1. The maximum atomic E-state index is 5.47. The van der Waals surface area contributed by atoms with Gasteiger partial charge in [-0.25, -0.2) is 0 Å². The normalized spacial score (nSPS) is 12.7. The third kappa shape index (κ3) is 3.52. The van der Waals surface area contributed by atoms with Crippen molar-refractivity contribution in [2.24, 2.45) is 0 Å². The third-order valence-corrected chi connectivity index (χ3v) is 3.16. The predicted molar refractivity (Wildman–Crippen MR) is 66.5 cm³/mol. The summed E-state index contributed by atoms with van der Waals surface area (Å²) < 4.78 is 5.47. The van der Waals surface area contributed by atoms with Crippen molar-refractivity contribution in [2.45, 2.75) is 17.9 Å². The minimum atomic E-state index is 0.286. The molecule has 0 aliphatic carbocycles. The van der Waals surface area contributed by atoms with Crippen molar-refractivity contribution in [1.82, 2.24) is 5.32 Å². The van der Waals surface area contributed by atoms with E-state index >= 15 is 0 Å². The van der Waals surface area contributed by atoms with Crippen LogP contribution in [0.3, 0.4) is 0 Å². The number of hydrogen-bond acceptors (Lipinski definition) is 3. The SMILES string of the molecule is CCOCC(NC)c1ccccc1SC. The molecule has 1 atom stereocenters. The summed E-state index contributed by atoms with van der Waals surface area (Å²) in [5, 5.41) is 3.29. The molecule has 2 nitrogen and oxygen atoms in total. The Hall–Kier alpha value is -0.510. The maximum absolute atomic E-state index is 5.47. The fraction of sp³-hybridized carbons (Fsp3) is 0.500. The zero-order valence-corrected chi connectivity index (χ0v) is 10.4. The van der Waals surface area contributed by atoms with Gasteiger partial charge in [0.25, 0.3) is 0 Å². The average Bonchev–Trinajstić information content (AvgIpc) is 2.30. The Labute approximate surface area is 96.4 Å². The molecule has 1 unspecified atom stereocenters. The van der Waals surface area contributed by atoms with Crippen molar-refractivity contribution in [1.29, 1.82) is 0 Å². The van der Waals surface area contributed by atoms with Gasteiger partial charge in [0.1, 0.15) is 0 Å². The van der Waals surface area contributed by atoms with Crippen LogP contribution in [-0.4, -0.2) is 26.5 Å². The Morgan fingerprint density at radius 1 is 1.40 bits per heavy atom. The van der Waals surface area contributed by atoms with E-state index in [2.05, 4.69) is 35.8 Å². The molecule has 0 heterocycles. The van der Waals surface area contributed by atoms with Crippen LogP contribution < -0.4 is 5.32 Å². The molecule has 0 aromatic heterocycles. The van der Waals surface area contributed by atoms with Crippen LogP contribution >= 0.6 is 11.8 Å². The van der Waals surface area contributed by atoms with E-state index < -0.39 is 0 Å². The summed E-state index contributed by atoms with van der Waals surface area (Å²) in [7, 11) is 1.97. The van der Waals surface area contributed by atoms with Crippen molar-refractivity contribution < 1.29 is 4.74 Å².